The van der Waals surface area contributed by atoms with E-state index in [0.717, 1.165) is 6.42 Å². The second kappa shape index (κ2) is 3.55. The minimum atomic E-state index is -0.442. The van der Waals surface area contributed by atoms with Gasteiger partial charge in [0, 0.05) is 13.1 Å². The van der Waals surface area contributed by atoms with E-state index < -0.39 is 6.04 Å². The molecule has 0 aromatic carbocycles. The molecule has 1 aliphatic heterocycles. The molecule has 0 spiro atoms. The Bertz CT molecular complexity index is 219. The van der Waals surface area contributed by atoms with E-state index in [4.69, 9.17) is 11.0 Å². The van der Waals surface area contributed by atoms with Gasteiger partial charge in [-0.05, 0) is 13.3 Å². The zero-order valence-corrected chi connectivity index (χ0v) is 7.16. The van der Waals surface area contributed by atoms with E-state index in [1.54, 1.807) is 11.8 Å². The molecule has 4 nitrogen and oxygen atoms in total. The number of rotatable bonds is 1. The van der Waals surface area contributed by atoms with E-state index >= 15 is 0 Å². The molecule has 1 aliphatic rings. The zero-order valence-electron chi connectivity index (χ0n) is 7.16. The number of carbonyl (C=O) groups excluding carboxylic acids is 1. The molecule has 1 fully saturated rings. The number of likely N-dealkylation sites (tertiary alicyclic amines) is 1. The van der Waals surface area contributed by atoms with E-state index in [1.807, 2.05) is 0 Å². The molecule has 0 aromatic heterocycles. The summed E-state index contributed by atoms with van der Waals surface area (Å²) >= 11 is 0. The number of carbonyl (C=O) groups is 1. The van der Waals surface area contributed by atoms with Crippen LogP contribution in [0.15, 0.2) is 0 Å². The molecule has 1 heterocycles. The van der Waals surface area contributed by atoms with Crippen LogP contribution in [0, 0.1) is 17.2 Å². The van der Waals surface area contributed by atoms with Gasteiger partial charge in [0.2, 0.25) is 5.91 Å². The van der Waals surface area contributed by atoms with Gasteiger partial charge in [0.15, 0.2) is 0 Å². The van der Waals surface area contributed by atoms with Gasteiger partial charge in [-0.2, -0.15) is 5.26 Å². The first-order chi connectivity index (χ1) is 5.65. The molecule has 4 heteroatoms. The molecule has 1 rings (SSSR count). The fourth-order valence-corrected chi connectivity index (χ4v) is 1.35. The second-order valence-corrected chi connectivity index (χ2v) is 3.19. The van der Waals surface area contributed by atoms with Crippen LogP contribution in [0.25, 0.3) is 0 Å². The third kappa shape index (κ3) is 1.74. The summed E-state index contributed by atoms with van der Waals surface area (Å²) < 4.78 is 0. The lowest BCUT2D eigenvalue weighted by Crippen LogP contribution is -2.40. The highest BCUT2D eigenvalue weighted by atomic mass is 16.2. The number of nitrogens with zero attached hydrogens (tertiary/aromatic N) is 2. The topological polar surface area (TPSA) is 70.1 Å². The number of hydrogen-bond donors (Lipinski definition) is 1. The average Bonchev–Trinajstić information content (AvgIpc) is 2.50. The fourth-order valence-electron chi connectivity index (χ4n) is 1.35. The van der Waals surface area contributed by atoms with Gasteiger partial charge in [-0.25, -0.2) is 0 Å². The predicted molar refractivity (Wildman–Crippen MR) is 43.9 cm³/mol. The van der Waals surface area contributed by atoms with Crippen molar-refractivity contribution in [2.45, 2.75) is 19.4 Å². The van der Waals surface area contributed by atoms with Gasteiger partial charge < -0.3 is 10.6 Å². The Morgan fingerprint density at radius 1 is 1.83 bits per heavy atom. The second-order valence-electron chi connectivity index (χ2n) is 3.19. The Balaban J connectivity index is 2.48. The van der Waals surface area contributed by atoms with Crippen LogP contribution < -0.4 is 5.73 Å². The largest absolute Gasteiger partial charge is 0.340 e. The smallest absolute Gasteiger partial charge is 0.239 e. The Hall–Kier alpha value is -1.08. The third-order valence-electron chi connectivity index (χ3n) is 2.07. The molecule has 2 atom stereocenters. The SMILES string of the molecule is C[C@H](N)C(=O)N1CCC(C#N)C1. The van der Waals surface area contributed by atoms with Gasteiger partial charge in [-0.15, -0.1) is 0 Å². The van der Waals surface area contributed by atoms with Crippen molar-refractivity contribution < 1.29 is 4.79 Å². The van der Waals surface area contributed by atoms with Crippen LogP contribution in [-0.4, -0.2) is 29.9 Å². The van der Waals surface area contributed by atoms with Gasteiger partial charge in [-0.3, -0.25) is 4.79 Å². The predicted octanol–water partition coefficient (Wildman–Crippen LogP) is -0.294. The van der Waals surface area contributed by atoms with Gasteiger partial charge >= 0.3 is 0 Å². The van der Waals surface area contributed by atoms with Crippen molar-refractivity contribution in [3.63, 3.8) is 0 Å². The third-order valence-corrected chi connectivity index (χ3v) is 2.07. The monoisotopic (exact) mass is 167 g/mol. The quantitative estimate of drug-likeness (QED) is 0.583. The van der Waals surface area contributed by atoms with Crippen molar-refractivity contribution in [1.29, 1.82) is 5.26 Å². The first kappa shape index (κ1) is 9.01. The number of hydrogen-bond acceptors (Lipinski definition) is 3. The maximum atomic E-state index is 11.3. The molecule has 66 valence electrons. The van der Waals surface area contributed by atoms with Crippen molar-refractivity contribution in [1.82, 2.24) is 4.90 Å². The van der Waals surface area contributed by atoms with E-state index in [1.165, 1.54) is 0 Å². The van der Waals surface area contributed by atoms with Crippen molar-refractivity contribution in [3.05, 3.63) is 0 Å². The molecule has 2 N–H and O–H groups in total. The van der Waals surface area contributed by atoms with Crippen LogP contribution in [-0.2, 0) is 4.79 Å². The summed E-state index contributed by atoms with van der Waals surface area (Å²) in [6.07, 6.45) is 0.787. The summed E-state index contributed by atoms with van der Waals surface area (Å²) in [7, 11) is 0. The highest BCUT2D eigenvalue weighted by molar-refractivity contribution is 5.81. The Morgan fingerprint density at radius 2 is 2.50 bits per heavy atom. The average molecular weight is 167 g/mol. The lowest BCUT2D eigenvalue weighted by Gasteiger charge is -2.17. The van der Waals surface area contributed by atoms with Gasteiger partial charge in [-0.1, -0.05) is 0 Å². The Labute approximate surface area is 71.9 Å². The van der Waals surface area contributed by atoms with Crippen LogP contribution in [0.5, 0.6) is 0 Å². The Morgan fingerprint density at radius 3 is 2.92 bits per heavy atom. The normalized spacial score (nSPS) is 25.1. The van der Waals surface area contributed by atoms with Crippen LogP contribution >= 0.6 is 0 Å². The Kier molecular flexibility index (Phi) is 2.66. The molecule has 1 saturated heterocycles. The lowest BCUT2D eigenvalue weighted by atomic mass is 10.1. The van der Waals surface area contributed by atoms with Crippen molar-refractivity contribution in [2.24, 2.45) is 11.7 Å². The first-order valence-corrected chi connectivity index (χ1v) is 4.09. The molecular weight excluding hydrogens is 154 g/mol. The van der Waals surface area contributed by atoms with Gasteiger partial charge in [0.25, 0.3) is 0 Å². The van der Waals surface area contributed by atoms with E-state index in [2.05, 4.69) is 6.07 Å². The fraction of sp³-hybridized carbons (Fsp3) is 0.750. The molecule has 0 saturated carbocycles. The van der Waals surface area contributed by atoms with Crippen LogP contribution in [0.1, 0.15) is 13.3 Å². The van der Waals surface area contributed by atoms with E-state index in [0.29, 0.717) is 13.1 Å². The standard InChI is InChI=1S/C8H13N3O/c1-6(10)8(12)11-3-2-7(4-9)5-11/h6-7H,2-3,5,10H2,1H3/t6-,7?/m0/s1. The summed E-state index contributed by atoms with van der Waals surface area (Å²) in [5.41, 5.74) is 5.43. The summed E-state index contributed by atoms with van der Waals surface area (Å²) in [6, 6.07) is 1.71. The molecule has 0 aromatic rings. The molecule has 12 heavy (non-hydrogen) atoms. The maximum absolute atomic E-state index is 11.3. The first-order valence-electron chi connectivity index (χ1n) is 4.09. The summed E-state index contributed by atoms with van der Waals surface area (Å²) in [6.45, 7) is 2.90. The zero-order chi connectivity index (χ0) is 9.14. The van der Waals surface area contributed by atoms with Gasteiger partial charge in [0.1, 0.15) is 0 Å². The minimum absolute atomic E-state index is 0.00713. The molecule has 0 radical (unpaired) electrons. The summed E-state index contributed by atoms with van der Waals surface area (Å²) in [5.74, 6) is -0.0413. The molecular formula is C8H13N3O. The van der Waals surface area contributed by atoms with Gasteiger partial charge in [0.05, 0.1) is 18.0 Å². The minimum Gasteiger partial charge on any atom is -0.340 e. The van der Waals surface area contributed by atoms with Crippen LogP contribution in [0.4, 0.5) is 0 Å². The number of nitriles is 1. The maximum Gasteiger partial charge on any atom is 0.239 e. The number of amides is 1. The summed E-state index contributed by atoms with van der Waals surface area (Å²) in [5, 5.41) is 8.58. The highest BCUT2D eigenvalue weighted by Gasteiger charge is 2.27. The van der Waals surface area contributed by atoms with Crippen molar-refractivity contribution in [3.8, 4) is 6.07 Å². The highest BCUT2D eigenvalue weighted by Crippen LogP contribution is 2.15. The molecule has 0 aliphatic carbocycles. The lowest BCUT2D eigenvalue weighted by molar-refractivity contribution is -0.131. The van der Waals surface area contributed by atoms with Crippen molar-refractivity contribution >= 4 is 5.91 Å². The van der Waals surface area contributed by atoms with Crippen LogP contribution in [0.3, 0.4) is 0 Å². The molecule has 1 amide bonds. The summed E-state index contributed by atoms with van der Waals surface area (Å²) in [4.78, 5) is 13.0. The molecule has 1 unspecified atom stereocenters. The number of nitrogens with two attached hydrogens (primary N) is 1. The van der Waals surface area contributed by atoms with Crippen molar-refractivity contribution in [2.75, 3.05) is 13.1 Å². The van der Waals surface area contributed by atoms with E-state index in [9.17, 15) is 4.79 Å². The van der Waals surface area contributed by atoms with E-state index in [-0.39, 0.29) is 11.8 Å². The molecule has 0 bridgehead atoms. The van der Waals surface area contributed by atoms with Crippen LogP contribution in [0.2, 0.25) is 0 Å².